The van der Waals surface area contributed by atoms with Gasteiger partial charge in [-0.05, 0) is 71.8 Å². The fourth-order valence-electron chi connectivity index (χ4n) is 5.09. The Kier molecular flexibility index (Phi) is 10.2. The molecule has 0 radical (unpaired) electrons. The number of fused-ring (bicyclic) bond motifs is 1. The molecule has 0 bridgehead atoms. The highest BCUT2D eigenvalue weighted by molar-refractivity contribution is 6.04. The molecule has 2 unspecified atom stereocenters. The number of Topliss-reactive ketones (excluding diaryl/α,β-unsaturated/α-hetero) is 1. The zero-order valence-corrected chi connectivity index (χ0v) is 24.6. The molecule has 1 amide bonds. The number of nitrogens with one attached hydrogen (secondary N) is 1. The van der Waals surface area contributed by atoms with Gasteiger partial charge in [0, 0.05) is 17.7 Å². The van der Waals surface area contributed by atoms with Gasteiger partial charge in [-0.1, -0.05) is 86.6 Å². The standard InChI is InChI=1S/C36H38FNO4/c1-5-42-36(41)33(37)22-32(34(39)30-15-14-27-8-6-7-9-29(27)21-30)28-16-18-31(19-17-28)38-35(40)24(4)26-12-10-25(11-13-26)20-23(2)3/h6-19,21,23-24,32-33H,5,20,22H2,1-4H3,(H,38,40)/t24?,32-,33?/m0/s1. The highest BCUT2D eigenvalue weighted by Gasteiger charge is 2.30. The number of carbonyl (C=O) groups is 3. The summed E-state index contributed by atoms with van der Waals surface area (Å²) in [5.41, 5.74) is 3.70. The van der Waals surface area contributed by atoms with Crippen molar-refractivity contribution in [2.45, 2.75) is 58.5 Å². The highest BCUT2D eigenvalue weighted by atomic mass is 19.1. The summed E-state index contributed by atoms with van der Waals surface area (Å²) in [4.78, 5) is 38.8. The van der Waals surface area contributed by atoms with Gasteiger partial charge in [0.05, 0.1) is 18.4 Å². The lowest BCUT2D eigenvalue weighted by Gasteiger charge is -2.19. The van der Waals surface area contributed by atoms with E-state index in [-0.39, 0.29) is 30.6 Å². The molecule has 42 heavy (non-hydrogen) atoms. The normalized spacial score (nSPS) is 13.4. The van der Waals surface area contributed by atoms with Crippen molar-refractivity contribution in [1.29, 1.82) is 0 Å². The molecule has 6 heteroatoms. The lowest BCUT2D eigenvalue weighted by Crippen LogP contribution is -2.25. The van der Waals surface area contributed by atoms with Crippen molar-refractivity contribution in [3.05, 3.63) is 113 Å². The van der Waals surface area contributed by atoms with Gasteiger partial charge in [-0.15, -0.1) is 0 Å². The van der Waals surface area contributed by atoms with Gasteiger partial charge in [0.15, 0.2) is 12.0 Å². The van der Waals surface area contributed by atoms with Gasteiger partial charge >= 0.3 is 5.97 Å². The fraction of sp³-hybridized carbons (Fsp3) is 0.306. The summed E-state index contributed by atoms with van der Waals surface area (Å²) in [6, 6.07) is 27.9. The first-order valence-corrected chi connectivity index (χ1v) is 14.5. The SMILES string of the molecule is CCOC(=O)C(F)C[C@H](C(=O)c1ccc2ccccc2c1)c1ccc(NC(=O)C(C)c2ccc(CC(C)C)cc2)cc1. The first kappa shape index (κ1) is 30.6. The number of benzene rings is 4. The molecule has 0 saturated carbocycles. The number of ketones is 1. The number of alkyl halides is 1. The summed E-state index contributed by atoms with van der Waals surface area (Å²) in [6.07, 6.45) is -1.31. The topological polar surface area (TPSA) is 72.5 Å². The van der Waals surface area contributed by atoms with Crippen LogP contribution in [0, 0.1) is 5.92 Å². The Labute approximate surface area is 247 Å². The van der Waals surface area contributed by atoms with Crippen LogP contribution in [0.15, 0.2) is 91.0 Å². The van der Waals surface area contributed by atoms with Crippen LogP contribution < -0.4 is 5.32 Å². The minimum atomic E-state index is -1.95. The number of esters is 1. The number of carbonyl (C=O) groups excluding carboxylic acids is 3. The second-order valence-electron chi connectivity index (χ2n) is 11.1. The van der Waals surface area contributed by atoms with Gasteiger partial charge < -0.3 is 10.1 Å². The van der Waals surface area contributed by atoms with Crippen LogP contribution in [-0.2, 0) is 20.7 Å². The van der Waals surface area contributed by atoms with Gasteiger partial charge in [0.2, 0.25) is 5.91 Å². The lowest BCUT2D eigenvalue weighted by atomic mass is 9.86. The zero-order chi connectivity index (χ0) is 30.2. The van der Waals surface area contributed by atoms with Crippen LogP contribution in [0.1, 0.15) is 73.0 Å². The molecular weight excluding hydrogens is 529 g/mol. The fourth-order valence-corrected chi connectivity index (χ4v) is 5.09. The maximum atomic E-state index is 15.0. The first-order chi connectivity index (χ1) is 20.2. The maximum absolute atomic E-state index is 15.0. The van der Waals surface area contributed by atoms with Crippen molar-refractivity contribution in [1.82, 2.24) is 0 Å². The van der Waals surface area contributed by atoms with E-state index in [1.165, 1.54) is 5.56 Å². The van der Waals surface area contributed by atoms with Crippen LogP contribution in [0.2, 0.25) is 0 Å². The van der Waals surface area contributed by atoms with Crippen LogP contribution in [0.4, 0.5) is 10.1 Å². The van der Waals surface area contributed by atoms with Crippen molar-refractivity contribution >= 4 is 34.1 Å². The number of ether oxygens (including phenoxy) is 1. The van der Waals surface area contributed by atoms with Crippen molar-refractivity contribution in [3.63, 3.8) is 0 Å². The molecule has 0 aliphatic rings. The predicted octanol–water partition coefficient (Wildman–Crippen LogP) is 8.04. The number of rotatable bonds is 12. The highest BCUT2D eigenvalue weighted by Crippen LogP contribution is 2.30. The van der Waals surface area contributed by atoms with E-state index in [2.05, 4.69) is 31.3 Å². The number of hydrogen-bond acceptors (Lipinski definition) is 4. The molecule has 5 nitrogen and oxygen atoms in total. The average Bonchev–Trinajstić information content (AvgIpc) is 2.99. The monoisotopic (exact) mass is 567 g/mol. The molecule has 4 aromatic carbocycles. The van der Waals surface area contributed by atoms with Crippen LogP contribution in [-0.4, -0.2) is 30.4 Å². The quantitative estimate of drug-likeness (QED) is 0.139. The van der Waals surface area contributed by atoms with Crippen molar-refractivity contribution < 1.29 is 23.5 Å². The van der Waals surface area contributed by atoms with Crippen LogP contribution in [0.3, 0.4) is 0 Å². The average molecular weight is 568 g/mol. The molecule has 0 aliphatic carbocycles. The molecule has 0 aromatic heterocycles. The summed E-state index contributed by atoms with van der Waals surface area (Å²) in [6.45, 7) is 7.87. The lowest BCUT2D eigenvalue weighted by molar-refractivity contribution is -0.149. The van der Waals surface area contributed by atoms with Crippen molar-refractivity contribution in [3.8, 4) is 0 Å². The smallest absolute Gasteiger partial charge is 0.340 e. The molecule has 0 saturated heterocycles. The molecule has 4 aromatic rings. The number of amides is 1. The molecule has 1 N–H and O–H groups in total. The Balaban J connectivity index is 1.52. The Hall–Kier alpha value is -4.32. The maximum Gasteiger partial charge on any atom is 0.340 e. The Morgan fingerprint density at radius 1 is 0.810 bits per heavy atom. The molecule has 0 heterocycles. The second kappa shape index (κ2) is 14.0. The number of hydrogen-bond donors (Lipinski definition) is 1. The minimum absolute atomic E-state index is 0.0530. The van der Waals surface area contributed by atoms with Gasteiger partial charge in [-0.2, -0.15) is 0 Å². The Morgan fingerprint density at radius 2 is 1.45 bits per heavy atom. The van der Waals surface area contributed by atoms with E-state index in [0.29, 0.717) is 22.7 Å². The molecule has 218 valence electrons. The number of anilines is 1. The third-order valence-electron chi connectivity index (χ3n) is 7.43. The van der Waals surface area contributed by atoms with Gasteiger partial charge in [-0.3, -0.25) is 9.59 Å². The second-order valence-corrected chi connectivity index (χ2v) is 11.1. The summed E-state index contributed by atoms with van der Waals surface area (Å²) < 4.78 is 19.8. The third-order valence-corrected chi connectivity index (χ3v) is 7.43. The molecular formula is C36H38FNO4. The summed E-state index contributed by atoms with van der Waals surface area (Å²) in [5, 5.41) is 4.82. The van der Waals surface area contributed by atoms with E-state index in [1.807, 2.05) is 49.4 Å². The molecule has 0 spiro atoms. The van der Waals surface area contributed by atoms with E-state index in [4.69, 9.17) is 4.74 Å². The zero-order valence-electron chi connectivity index (χ0n) is 24.6. The minimum Gasteiger partial charge on any atom is -0.464 e. The largest absolute Gasteiger partial charge is 0.464 e. The van der Waals surface area contributed by atoms with Crippen LogP contribution in [0.5, 0.6) is 0 Å². The van der Waals surface area contributed by atoms with E-state index >= 15 is 0 Å². The van der Waals surface area contributed by atoms with E-state index in [1.54, 1.807) is 43.3 Å². The Morgan fingerprint density at radius 3 is 2.10 bits per heavy atom. The first-order valence-electron chi connectivity index (χ1n) is 14.5. The molecule has 4 rings (SSSR count). The van der Waals surface area contributed by atoms with Crippen molar-refractivity contribution in [2.75, 3.05) is 11.9 Å². The molecule has 3 atom stereocenters. The van der Waals surface area contributed by atoms with Gasteiger partial charge in [0.1, 0.15) is 0 Å². The molecule has 0 fully saturated rings. The van der Waals surface area contributed by atoms with E-state index in [9.17, 15) is 18.8 Å². The number of halogens is 1. The Bertz CT molecular complexity index is 1530. The van der Waals surface area contributed by atoms with E-state index < -0.39 is 18.1 Å². The summed E-state index contributed by atoms with van der Waals surface area (Å²) in [5.74, 6) is -2.16. The van der Waals surface area contributed by atoms with Crippen LogP contribution in [0.25, 0.3) is 10.8 Å². The van der Waals surface area contributed by atoms with Gasteiger partial charge in [0.25, 0.3) is 0 Å². The summed E-state index contributed by atoms with van der Waals surface area (Å²) >= 11 is 0. The van der Waals surface area contributed by atoms with Crippen molar-refractivity contribution in [2.24, 2.45) is 5.92 Å². The van der Waals surface area contributed by atoms with Gasteiger partial charge in [-0.25, -0.2) is 9.18 Å². The summed E-state index contributed by atoms with van der Waals surface area (Å²) in [7, 11) is 0. The van der Waals surface area contributed by atoms with E-state index in [0.717, 1.165) is 22.8 Å². The third kappa shape index (κ3) is 7.69. The van der Waals surface area contributed by atoms with Crippen LogP contribution >= 0.6 is 0 Å². The predicted molar refractivity (Wildman–Crippen MR) is 166 cm³/mol. The molecule has 0 aliphatic heterocycles.